The van der Waals surface area contributed by atoms with Crippen LogP contribution < -0.4 is 0 Å². The fourth-order valence-electron chi connectivity index (χ4n) is 5.25. The monoisotopic (exact) mass is 411 g/mol. The molecule has 0 spiro atoms. The number of morpholine rings is 3. The van der Waals surface area contributed by atoms with Crippen LogP contribution in [0, 0.1) is 5.92 Å². The lowest BCUT2D eigenvalue weighted by Gasteiger charge is -2.43. The lowest BCUT2D eigenvalue weighted by Crippen LogP contribution is -2.54. The maximum Gasteiger partial charge on any atom is 0.0721 e. The van der Waals surface area contributed by atoms with Crippen LogP contribution >= 0.6 is 0 Å². The molecular weight excluding hydrogens is 366 g/mol. The number of rotatable bonds is 8. The summed E-state index contributed by atoms with van der Waals surface area (Å²) in [6.45, 7) is 21.7. The van der Waals surface area contributed by atoms with Crippen LogP contribution in [0.15, 0.2) is 0 Å². The van der Waals surface area contributed by atoms with Crippen molar-refractivity contribution in [2.24, 2.45) is 5.92 Å². The average molecular weight is 412 g/mol. The molecule has 0 bridgehead atoms. The Kier molecular flexibility index (Phi) is 9.21. The molecule has 5 atom stereocenters. The van der Waals surface area contributed by atoms with E-state index in [1.54, 1.807) is 0 Å². The number of hydrogen-bond donors (Lipinski definition) is 0. The molecular formula is C23H45N3O3. The Hall–Kier alpha value is -0.240. The Morgan fingerprint density at radius 2 is 1.48 bits per heavy atom. The Morgan fingerprint density at radius 3 is 2.21 bits per heavy atom. The Bertz CT molecular complexity index is 472. The second-order valence-corrected chi connectivity index (χ2v) is 9.99. The first kappa shape index (κ1) is 23.4. The van der Waals surface area contributed by atoms with Crippen molar-refractivity contribution in [2.75, 3.05) is 65.6 Å². The summed E-state index contributed by atoms with van der Waals surface area (Å²) in [6, 6.07) is 1.09. The average Bonchev–Trinajstić information content (AvgIpc) is 2.68. The molecule has 0 aromatic carbocycles. The summed E-state index contributed by atoms with van der Waals surface area (Å²) in [5, 5.41) is 0. The molecule has 3 aliphatic heterocycles. The Labute approximate surface area is 178 Å². The molecule has 0 aromatic rings. The molecule has 3 heterocycles. The van der Waals surface area contributed by atoms with Crippen molar-refractivity contribution < 1.29 is 14.2 Å². The van der Waals surface area contributed by atoms with E-state index in [0.29, 0.717) is 30.4 Å². The van der Waals surface area contributed by atoms with E-state index in [0.717, 1.165) is 77.8 Å². The molecule has 0 saturated carbocycles. The Morgan fingerprint density at radius 1 is 0.793 bits per heavy atom. The maximum absolute atomic E-state index is 6.34. The minimum Gasteiger partial charge on any atom is -0.379 e. The summed E-state index contributed by atoms with van der Waals surface area (Å²) in [5.74, 6) is 0.723. The summed E-state index contributed by atoms with van der Waals surface area (Å²) < 4.78 is 18.0. The van der Waals surface area contributed by atoms with Crippen molar-refractivity contribution in [1.29, 1.82) is 0 Å². The van der Waals surface area contributed by atoms with Crippen molar-refractivity contribution in [3.05, 3.63) is 0 Å². The van der Waals surface area contributed by atoms with Gasteiger partial charge in [0.15, 0.2) is 0 Å². The van der Waals surface area contributed by atoms with E-state index < -0.39 is 0 Å². The van der Waals surface area contributed by atoms with Gasteiger partial charge in [0.2, 0.25) is 0 Å². The van der Waals surface area contributed by atoms with E-state index in [1.165, 1.54) is 6.54 Å². The van der Waals surface area contributed by atoms with Crippen molar-refractivity contribution in [3.63, 3.8) is 0 Å². The molecule has 3 saturated heterocycles. The fourth-order valence-corrected chi connectivity index (χ4v) is 5.25. The van der Waals surface area contributed by atoms with Crippen LogP contribution in [0.3, 0.4) is 0 Å². The first-order valence-electron chi connectivity index (χ1n) is 12.0. The van der Waals surface area contributed by atoms with E-state index in [2.05, 4.69) is 49.3 Å². The highest BCUT2D eigenvalue weighted by Crippen LogP contribution is 2.22. The summed E-state index contributed by atoms with van der Waals surface area (Å²) in [6.07, 6.45) is 3.21. The first-order chi connectivity index (χ1) is 13.9. The summed E-state index contributed by atoms with van der Waals surface area (Å²) in [5.41, 5.74) is 0. The van der Waals surface area contributed by atoms with E-state index in [1.807, 2.05) is 0 Å². The van der Waals surface area contributed by atoms with Crippen molar-refractivity contribution in [3.8, 4) is 0 Å². The van der Waals surface area contributed by atoms with Gasteiger partial charge < -0.3 is 14.2 Å². The number of ether oxygens (including phenoxy) is 3. The lowest BCUT2D eigenvalue weighted by molar-refractivity contribution is -0.107. The van der Waals surface area contributed by atoms with Crippen molar-refractivity contribution in [1.82, 2.24) is 14.7 Å². The van der Waals surface area contributed by atoms with Crippen LogP contribution in [0.1, 0.15) is 47.5 Å². The van der Waals surface area contributed by atoms with Gasteiger partial charge in [-0.15, -0.1) is 0 Å². The zero-order chi connectivity index (χ0) is 20.8. The summed E-state index contributed by atoms with van der Waals surface area (Å²) in [4.78, 5) is 7.79. The molecule has 0 N–H and O–H groups in total. The molecule has 3 fully saturated rings. The largest absolute Gasteiger partial charge is 0.379 e. The number of hydrogen-bond acceptors (Lipinski definition) is 6. The van der Waals surface area contributed by atoms with Gasteiger partial charge in [-0.25, -0.2) is 0 Å². The van der Waals surface area contributed by atoms with Crippen LogP contribution in [0.5, 0.6) is 0 Å². The smallest absolute Gasteiger partial charge is 0.0721 e. The third kappa shape index (κ3) is 7.44. The van der Waals surface area contributed by atoms with E-state index in [9.17, 15) is 0 Å². The topological polar surface area (TPSA) is 37.4 Å². The van der Waals surface area contributed by atoms with Crippen LogP contribution in [0.4, 0.5) is 0 Å². The van der Waals surface area contributed by atoms with Crippen molar-refractivity contribution in [2.45, 2.75) is 77.9 Å². The SMILES string of the molecule is CC(C)CN1CCOC(CC(C)N2CC(C)OC(CC(C)N3CCOCC3)C2)C1. The fraction of sp³-hybridized carbons (Fsp3) is 1.00. The normalized spacial score (nSPS) is 33.1. The van der Waals surface area contributed by atoms with E-state index >= 15 is 0 Å². The third-order valence-corrected chi connectivity index (χ3v) is 6.70. The second-order valence-electron chi connectivity index (χ2n) is 9.99. The number of nitrogens with zero attached hydrogens (tertiary/aromatic N) is 3. The lowest BCUT2D eigenvalue weighted by atomic mass is 10.0. The molecule has 3 rings (SSSR count). The molecule has 6 heteroatoms. The molecule has 5 unspecified atom stereocenters. The van der Waals surface area contributed by atoms with Gasteiger partial charge in [0.05, 0.1) is 38.1 Å². The molecule has 0 amide bonds. The minimum atomic E-state index is 0.304. The summed E-state index contributed by atoms with van der Waals surface area (Å²) in [7, 11) is 0. The zero-order valence-electron chi connectivity index (χ0n) is 19.5. The molecule has 29 heavy (non-hydrogen) atoms. The van der Waals surface area contributed by atoms with E-state index in [-0.39, 0.29) is 0 Å². The van der Waals surface area contributed by atoms with Crippen LogP contribution in [0.25, 0.3) is 0 Å². The third-order valence-electron chi connectivity index (χ3n) is 6.70. The molecule has 3 aliphatic rings. The van der Waals surface area contributed by atoms with Gasteiger partial charge in [0, 0.05) is 57.9 Å². The van der Waals surface area contributed by atoms with Crippen LogP contribution in [-0.4, -0.2) is 111 Å². The standard InChI is InChI=1S/C23H45N3O3/c1-18(2)14-24-6-11-28-22(16-24)12-20(4)26-15-21(5)29-23(17-26)13-19(3)25-7-9-27-10-8-25/h18-23H,6-17H2,1-5H3. The van der Waals surface area contributed by atoms with Gasteiger partial charge in [-0.2, -0.15) is 0 Å². The van der Waals surface area contributed by atoms with Gasteiger partial charge in [0.25, 0.3) is 0 Å². The van der Waals surface area contributed by atoms with Gasteiger partial charge in [-0.05, 0) is 39.5 Å². The molecule has 170 valence electrons. The highest BCUT2D eigenvalue weighted by Gasteiger charge is 2.32. The van der Waals surface area contributed by atoms with Gasteiger partial charge in [-0.1, -0.05) is 13.8 Å². The summed E-state index contributed by atoms with van der Waals surface area (Å²) >= 11 is 0. The zero-order valence-corrected chi connectivity index (χ0v) is 19.5. The quantitative estimate of drug-likeness (QED) is 0.610. The second kappa shape index (κ2) is 11.4. The van der Waals surface area contributed by atoms with Gasteiger partial charge >= 0.3 is 0 Å². The highest BCUT2D eigenvalue weighted by molar-refractivity contribution is 4.85. The Balaban J connectivity index is 1.47. The highest BCUT2D eigenvalue weighted by atomic mass is 16.5. The van der Waals surface area contributed by atoms with Crippen molar-refractivity contribution >= 4 is 0 Å². The predicted octanol–water partition coefficient (Wildman–Crippen LogP) is 2.32. The predicted molar refractivity (Wildman–Crippen MR) is 117 cm³/mol. The van der Waals surface area contributed by atoms with Gasteiger partial charge in [-0.3, -0.25) is 14.7 Å². The first-order valence-corrected chi connectivity index (χ1v) is 12.0. The minimum absolute atomic E-state index is 0.304. The molecule has 6 nitrogen and oxygen atoms in total. The van der Waals surface area contributed by atoms with Crippen LogP contribution in [0.2, 0.25) is 0 Å². The maximum atomic E-state index is 6.34. The van der Waals surface area contributed by atoms with Gasteiger partial charge in [0.1, 0.15) is 0 Å². The molecule has 0 aromatic heterocycles. The molecule has 0 radical (unpaired) electrons. The van der Waals surface area contributed by atoms with Crippen LogP contribution in [-0.2, 0) is 14.2 Å². The van der Waals surface area contributed by atoms with E-state index in [4.69, 9.17) is 14.2 Å². The molecule has 0 aliphatic carbocycles.